The third-order valence-corrected chi connectivity index (χ3v) is 4.44. The van der Waals surface area contributed by atoms with E-state index in [0.29, 0.717) is 36.1 Å². The highest BCUT2D eigenvalue weighted by atomic mass is 16.5. The molecule has 0 unspecified atom stereocenters. The van der Waals surface area contributed by atoms with E-state index in [9.17, 15) is 4.79 Å². The zero-order chi connectivity index (χ0) is 20.2. The van der Waals surface area contributed by atoms with E-state index in [4.69, 9.17) is 9.47 Å². The maximum absolute atomic E-state index is 12.7. The summed E-state index contributed by atoms with van der Waals surface area (Å²) >= 11 is 0. The Bertz CT molecular complexity index is 727. The van der Waals surface area contributed by atoms with Gasteiger partial charge in [0.1, 0.15) is 11.5 Å². The van der Waals surface area contributed by atoms with Crippen molar-refractivity contribution in [3.8, 4) is 11.5 Å². The number of benzene rings is 2. The lowest BCUT2D eigenvalue weighted by molar-refractivity contribution is 0.102. The molecule has 0 aliphatic heterocycles. The number of ether oxygens (including phenoxy) is 2. The van der Waals surface area contributed by atoms with Gasteiger partial charge in [0.05, 0.1) is 18.8 Å². The highest BCUT2D eigenvalue weighted by molar-refractivity contribution is 6.06. The van der Waals surface area contributed by atoms with E-state index >= 15 is 0 Å². The van der Waals surface area contributed by atoms with Crippen LogP contribution in [0.3, 0.4) is 0 Å². The number of para-hydroxylation sites is 1. The molecule has 1 amide bonds. The number of amides is 1. The minimum atomic E-state index is -0.180. The topological polar surface area (TPSA) is 47.6 Å². The van der Waals surface area contributed by atoms with Crippen molar-refractivity contribution in [3.05, 3.63) is 54.1 Å². The van der Waals surface area contributed by atoms with E-state index in [1.54, 1.807) is 6.07 Å². The number of hydrogen-bond acceptors (Lipinski definition) is 3. The Morgan fingerprint density at radius 3 is 2.57 bits per heavy atom. The number of anilines is 1. The Hall–Kier alpha value is -2.49. The lowest BCUT2D eigenvalue weighted by atomic mass is 10.1. The summed E-state index contributed by atoms with van der Waals surface area (Å²) in [5.41, 5.74) is 1.25. The van der Waals surface area contributed by atoms with Crippen LogP contribution in [0.5, 0.6) is 11.5 Å². The summed E-state index contributed by atoms with van der Waals surface area (Å²) in [5, 5.41) is 2.95. The van der Waals surface area contributed by atoms with Gasteiger partial charge in [-0.3, -0.25) is 4.79 Å². The molecule has 0 heterocycles. The summed E-state index contributed by atoms with van der Waals surface area (Å²) in [6.07, 6.45) is 5.63. The van der Waals surface area contributed by atoms with Gasteiger partial charge in [0.2, 0.25) is 0 Å². The maximum Gasteiger partial charge on any atom is 0.259 e. The summed E-state index contributed by atoms with van der Waals surface area (Å²) in [6.45, 7) is 7.80. The summed E-state index contributed by atoms with van der Waals surface area (Å²) < 4.78 is 11.6. The van der Waals surface area contributed by atoms with Crippen molar-refractivity contribution in [2.45, 2.75) is 52.9 Å². The van der Waals surface area contributed by atoms with Crippen molar-refractivity contribution in [1.82, 2.24) is 0 Å². The fourth-order valence-corrected chi connectivity index (χ4v) is 2.77. The first-order chi connectivity index (χ1) is 13.6. The van der Waals surface area contributed by atoms with Crippen LogP contribution < -0.4 is 14.8 Å². The standard InChI is InChI=1S/C24H33NO3/c1-4-5-6-9-16-27-21-12-10-11-20(18-21)25-24(26)22-13-7-8-14-23(22)28-17-15-19(2)3/h7-8,10-14,18-19H,4-6,9,15-17H2,1-3H3,(H,25,26). The maximum atomic E-state index is 12.7. The highest BCUT2D eigenvalue weighted by Crippen LogP contribution is 2.22. The monoisotopic (exact) mass is 383 g/mol. The summed E-state index contributed by atoms with van der Waals surface area (Å²) in [7, 11) is 0. The Balaban J connectivity index is 1.94. The predicted octanol–water partition coefficient (Wildman–Crippen LogP) is 6.32. The fraction of sp³-hybridized carbons (Fsp3) is 0.458. The van der Waals surface area contributed by atoms with Crippen molar-refractivity contribution in [1.29, 1.82) is 0 Å². The van der Waals surface area contributed by atoms with Gasteiger partial charge in [-0.15, -0.1) is 0 Å². The van der Waals surface area contributed by atoms with Crippen molar-refractivity contribution >= 4 is 11.6 Å². The molecule has 0 spiro atoms. The second-order valence-electron chi connectivity index (χ2n) is 7.42. The van der Waals surface area contributed by atoms with Crippen LogP contribution in [-0.4, -0.2) is 19.1 Å². The molecular weight excluding hydrogens is 350 g/mol. The molecule has 2 aromatic carbocycles. The largest absolute Gasteiger partial charge is 0.494 e. The Morgan fingerprint density at radius 1 is 0.964 bits per heavy atom. The summed E-state index contributed by atoms with van der Waals surface area (Å²) in [6, 6.07) is 14.9. The number of hydrogen-bond donors (Lipinski definition) is 1. The van der Waals surface area contributed by atoms with E-state index in [-0.39, 0.29) is 5.91 Å². The Morgan fingerprint density at radius 2 is 1.79 bits per heavy atom. The molecule has 0 bridgehead atoms. The molecule has 4 nitrogen and oxygen atoms in total. The molecule has 0 radical (unpaired) electrons. The van der Waals surface area contributed by atoms with Crippen LogP contribution in [0, 0.1) is 5.92 Å². The van der Waals surface area contributed by atoms with Gasteiger partial charge in [-0.05, 0) is 43.0 Å². The van der Waals surface area contributed by atoms with Crippen LogP contribution in [0.2, 0.25) is 0 Å². The smallest absolute Gasteiger partial charge is 0.259 e. The molecule has 1 N–H and O–H groups in total. The van der Waals surface area contributed by atoms with Crippen molar-refractivity contribution in [2.24, 2.45) is 5.92 Å². The lowest BCUT2D eigenvalue weighted by Crippen LogP contribution is -2.14. The van der Waals surface area contributed by atoms with E-state index < -0.39 is 0 Å². The highest BCUT2D eigenvalue weighted by Gasteiger charge is 2.13. The van der Waals surface area contributed by atoms with Crippen molar-refractivity contribution in [2.75, 3.05) is 18.5 Å². The van der Waals surface area contributed by atoms with Crippen LogP contribution in [-0.2, 0) is 0 Å². The average Bonchev–Trinajstić information content (AvgIpc) is 2.68. The molecule has 0 saturated heterocycles. The molecule has 0 atom stereocenters. The quantitative estimate of drug-likeness (QED) is 0.436. The van der Waals surface area contributed by atoms with Crippen molar-refractivity contribution in [3.63, 3.8) is 0 Å². The first-order valence-electron chi connectivity index (χ1n) is 10.4. The molecule has 0 fully saturated rings. The average molecular weight is 384 g/mol. The molecular formula is C24H33NO3. The first-order valence-corrected chi connectivity index (χ1v) is 10.4. The second-order valence-corrected chi connectivity index (χ2v) is 7.42. The van der Waals surface area contributed by atoms with Crippen LogP contribution >= 0.6 is 0 Å². The number of unbranched alkanes of at least 4 members (excludes halogenated alkanes) is 3. The lowest BCUT2D eigenvalue weighted by Gasteiger charge is -2.13. The number of nitrogens with one attached hydrogen (secondary N) is 1. The fourth-order valence-electron chi connectivity index (χ4n) is 2.77. The summed E-state index contributed by atoms with van der Waals surface area (Å²) in [4.78, 5) is 12.7. The summed E-state index contributed by atoms with van der Waals surface area (Å²) in [5.74, 6) is 1.77. The minimum Gasteiger partial charge on any atom is -0.494 e. The van der Waals surface area contributed by atoms with Gasteiger partial charge in [0.25, 0.3) is 5.91 Å². The van der Waals surface area contributed by atoms with E-state index in [1.165, 1.54) is 19.3 Å². The van der Waals surface area contributed by atoms with Gasteiger partial charge in [0.15, 0.2) is 0 Å². The van der Waals surface area contributed by atoms with Gasteiger partial charge < -0.3 is 14.8 Å². The molecule has 0 aliphatic carbocycles. The Kier molecular flexibility index (Phi) is 9.40. The third-order valence-electron chi connectivity index (χ3n) is 4.44. The van der Waals surface area contributed by atoms with E-state index in [0.717, 1.165) is 18.6 Å². The van der Waals surface area contributed by atoms with Gasteiger partial charge in [-0.25, -0.2) is 0 Å². The number of carbonyl (C=O) groups excluding carboxylic acids is 1. The van der Waals surface area contributed by atoms with Crippen LogP contribution in [0.4, 0.5) is 5.69 Å². The molecule has 2 rings (SSSR count). The Labute approximate surface area is 169 Å². The predicted molar refractivity (Wildman–Crippen MR) is 115 cm³/mol. The van der Waals surface area contributed by atoms with Crippen LogP contribution in [0.25, 0.3) is 0 Å². The van der Waals surface area contributed by atoms with Gasteiger partial charge >= 0.3 is 0 Å². The first kappa shape index (κ1) is 21.8. The second kappa shape index (κ2) is 12.1. The SMILES string of the molecule is CCCCCCOc1cccc(NC(=O)c2ccccc2OCCC(C)C)c1. The molecule has 4 heteroatoms. The van der Waals surface area contributed by atoms with E-state index in [2.05, 4.69) is 26.1 Å². The zero-order valence-electron chi connectivity index (χ0n) is 17.4. The van der Waals surface area contributed by atoms with Crippen LogP contribution in [0.1, 0.15) is 63.2 Å². The van der Waals surface area contributed by atoms with E-state index in [1.807, 2.05) is 42.5 Å². The normalized spacial score (nSPS) is 10.7. The minimum absolute atomic E-state index is 0.180. The molecule has 28 heavy (non-hydrogen) atoms. The number of rotatable bonds is 12. The van der Waals surface area contributed by atoms with Gasteiger partial charge in [0, 0.05) is 11.8 Å². The molecule has 152 valence electrons. The molecule has 0 saturated carbocycles. The van der Waals surface area contributed by atoms with Gasteiger partial charge in [-0.2, -0.15) is 0 Å². The van der Waals surface area contributed by atoms with Crippen LogP contribution in [0.15, 0.2) is 48.5 Å². The van der Waals surface area contributed by atoms with Crippen molar-refractivity contribution < 1.29 is 14.3 Å². The number of carbonyl (C=O) groups is 1. The molecule has 0 aliphatic rings. The molecule has 2 aromatic rings. The zero-order valence-corrected chi connectivity index (χ0v) is 17.4. The van der Waals surface area contributed by atoms with Gasteiger partial charge in [-0.1, -0.05) is 58.2 Å². The third kappa shape index (κ3) is 7.63. The molecule has 0 aromatic heterocycles.